The number of ether oxygens (including phenoxy) is 2. The molecule has 1 amide bonds. The van der Waals surface area contributed by atoms with Crippen LogP contribution in [-0.2, 0) is 11.3 Å². The lowest BCUT2D eigenvalue weighted by Crippen LogP contribution is -2.35. The molecular formula is C21H24N2O3. The van der Waals surface area contributed by atoms with E-state index in [1.165, 1.54) is 0 Å². The largest absolute Gasteiger partial charge is 0.489 e. The van der Waals surface area contributed by atoms with Gasteiger partial charge < -0.3 is 14.8 Å². The van der Waals surface area contributed by atoms with Crippen LogP contribution in [0, 0.1) is 0 Å². The van der Waals surface area contributed by atoms with Gasteiger partial charge in [-0.05, 0) is 29.8 Å². The molecule has 0 aliphatic carbocycles. The monoisotopic (exact) mass is 352 g/mol. The second kappa shape index (κ2) is 9.17. The van der Waals surface area contributed by atoms with Crippen LogP contribution < -0.4 is 10.1 Å². The lowest BCUT2D eigenvalue weighted by atomic mass is 10.1. The Labute approximate surface area is 154 Å². The van der Waals surface area contributed by atoms with Crippen LogP contribution in [-0.4, -0.2) is 43.7 Å². The highest BCUT2D eigenvalue weighted by atomic mass is 16.5. The number of hydrogen-bond donors (Lipinski definition) is 1. The van der Waals surface area contributed by atoms with Gasteiger partial charge in [0.15, 0.2) is 0 Å². The van der Waals surface area contributed by atoms with E-state index in [4.69, 9.17) is 9.47 Å². The normalized spacial score (nSPS) is 14.6. The third-order valence-electron chi connectivity index (χ3n) is 4.16. The number of anilines is 1. The van der Waals surface area contributed by atoms with Crippen molar-refractivity contribution in [2.45, 2.75) is 6.54 Å². The van der Waals surface area contributed by atoms with Crippen LogP contribution in [0.5, 0.6) is 5.75 Å². The van der Waals surface area contributed by atoms with Crippen molar-refractivity contribution in [1.82, 2.24) is 4.90 Å². The number of carbonyl (C=O) groups is 1. The summed E-state index contributed by atoms with van der Waals surface area (Å²) >= 11 is 0. The highest BCUT2D eigenvalue weighted by Crippen LogP contribution is 2.18. The van der Waals surface area contributed by atoms with Crippen molar-refractivity contribution < 1.29 is 14.3 Å². The van der Waals surface area contributed by atoms with E-state index >= 15 is 0 Å². The van der Waals surface area contributed by atoms with Crippen LogP contribution in [0.25, 0.3) is 0 Å². The minimum atomic E-state index is -0.130. The second-order valence-corrected chi connectivity index (χ2v) is 6.17. The Morgan fingerprint density at radius 3 is 2.81 bits per heavy atom. The summed E-state index contributed by atoms with van der Waals surface area (Å²) in [6, 6.07) is 15.1. The smallest absolute Gasteiger partial charge is 0.255 e. The van der Waals surface area contributed by atoms with Crippen molar-refractivity contribution in [2.75, 3.05) is 38.2 Å². The molecule has 0 radical (unpaired) electrons. The first-order chi connectivity index (χ1) is 12.7. The van der Waals surface area contributed by atoms with Crippen LogP contribution in [0.2, 0.25) is 0 Å². The van der Waals surface area contributed by atoms with Gasteiger partial charge in [0, 0.05) is 37.0 Å². The molecule has 0 spiro atoms. The molecule has 1 aliphatic rings. The molecule has 26 heavy (non-hydrogen) atoms. The van der Waals surface area contributed by atoms with Gasteiger partial charge in [-0.1, -0.05) is 30.9 Å². The molecule has 5 nitrogen and oxygen atoms in total. The molecule has 1 aliphatic heterocycles. The number of rotatable bonds is 7. The van der Waals surface area contributed by atoms with Gasteiger partial charge in [0.2, 0.25) is 0 Å². The molecule has 1 fully saturated rings. The molecular weight excluding hydrogens is 328 g/mol. The molecule has 1 heterocycles. The Morgan fingerprint density at radius 1 is 1.19 bits per heavy atom. The molecule has 3 rings (SSSR count). The zero-order valence-corrected chi connectivity index (χ0v) is 14.8. The molecule has 136 valence electrons. The van der Waals surface area contributed by atoms with E-state index in [2.05, 4.69) is 22.9 Å². The number of nitrogens with one attached hydrogen (secondary N) is 1. The Hall–Kier alpha value is -2.63. The first-order valence-electron chi connectivity index (χ1n) is 8.79. The van der Waals surface area contributed by atoms with E-state index in [-0.39, 0.29) is 5.91 Å². The Kier molecular flexibility index (Phi) is 6.41. The van der Waals surface area contributed by atoms with Gasteiger partial charge in [0.1, 0.15) is 12.4 Å². The number of amides is 1. The van der Waals surface area contributed by atoms with Crippen LogP contribution in [0.3, 0.4) is 0 Å². The molecule has 0 aromatic heterocycles. The quantitative estimate of drug-likeness (QED) is 0.777. The standard InChI is InChI=1S/C21H24N2O3/c1-2-11-26-20-8-4-7-19(15-20)22-21(24)18-6-3-5-17(14-18)16-23-9-12-25-13-10-23/h2-8,14-15H,1,9-13,16H2,(H,22,24). The van der Waals surface area contributed by atoms with Gasteiger partial charge in [-0.15, -0.1) is 0 Å². The fourth-order valence-electron chi connectivity index (χ4n) is 2.85. The van der Waals surface area contributed by atoms with E-state index in [9.17, 15) is 4.79 Å². The fraction of sp³-hybridized carbons (Fsp3) is 0.286. The average Bonchev–Trinajstić information content (AvgIpc) is 2.68. The third kappa shape index (κ3) is 5.18. The molecule has 2 aromatic rings. The predicted molar refractivity (Wildman–Crippen MR) is 103 cm³/mol. The maximum atomic E-state index is 12.6. The SMILES string of the molecule is C=CCOc1cccc(NC(=O)c2cccc(CN3CCOCC3)c2)c1. The predicted octanol–water partition coefficient (Wildman–Crippen LogP) is 3.34. The van der Waals surface area contributed by atoms with Crippen molar-refractivity contribution in [1.29, 1.82) is 0 Å². The summed E-state index contributed by atoms with van der Waals surface area (Å²) in [6.07, 6.45) is 1.69. The highest BCUT2D eigenvalue weighted by Gasteiger charge is 2.12. The molecule has 1 N–H and O–H groups in total. The summed E-state index contributed by atoms with van der Waals surface area (Å²) in [4.78, 5) is 14.9. The summed E-state index contributed by atoms with van der Waals surface area (Å²) in [5.74, 6) is 0.568. The zero-order chi connectivity index (χ0) is 18.2. The summed E-state index contributed by atoms with van der Waals surface area (Å²) in [5, 5.41) is 2.93. The summed E-state index contributed by atoms with van der Waals surface area (Å²) in [7, 11) is 0. The van der Waals surface area contributed by atoms with E-state index in [0.29, 0.717) is 23.6 Å². The Balaban J connectivity index is 1.64. The van der Waals surface area contributed by atoms with Crippen LogP contribution >= 0.6 is 0 Å². The van der Waals surface area contributed by atoms with Crippen LogP contribution in [0.15, 0.2) is 61.2 Å². The summed E-state index contributed by atoms with van der Waals surface area (Å²) < 4.78 is 10.9. The Bertz CT molecular complexity index is 754. The molecule has 1 saturated heterocycles. The topological polar surface area (TPSA) is 50.8 Å². The average molecular weight is 352 g/mol. The van der Waals surface area contributed by atoms with E-state index in [0.717, 1.165) is 38.4 Å². The van der Waals surface area contributed by atoms with E-state index in [1.807, 2.05) is 36.4 Å². The molecule has 0 bridgehead atoms. The van der Waals surface area contributed by atoms with Gasteiger partial charge >= 0.3 is 0 Å². The summed E-state index contributed by atoms with van der Waals surface area (Å²) in [5.41, 5.74) is 2.48. The number of nitrogens with zero attached hydrogens (tertiary/aromatic N) is 1. The molecule has 2 aromatic carbocycles. The summed E-state index contributed by atoms with van der Waals surface area (Å²) in [6.45, 7) is 8.28. The minimum absolute atomic E-state index is 0.130. The van der Waals surface area contributed by atoms with Gasteiger partial charge in [0.05, 0.1) is 13.2 Å². The van der Waals surface area contributed by atoms with E-state index in [1.54, 1.807) is 12.1 Å². The Morgan fingerprint density at radius 2 is 2.00 bits per heavy atom. The van der Waals surface area contributed by atoms with Gasteiger partial charge in [-0.25, -0.2) is 0 Å². The number of hydrogen-bond acceptors (Lipinski definition) is 4. The fourth-order valence-corrected chi connectivity index (χ4v) is 2.85. The van der Waals surface area contributed by atoms with Crippen molar-refractivity contribution in [3.63, 3.8) is 0 Å². The molecule has 0 atom stereocenters. The molecule has 0 saturated carbocycles. The zero-order valence-electron chi connectivity index (χ0n) is 14.8. The molecule has 0 unspecified atom stereocenters. The van der Waals surface area contributed by atoms with Gasteiger partial charge in [-0.3, -0.25) is 9.69 Å². The van der Waals surface area contributed by atoms with Crippen molar-refractivity contribution >= 4 is 11.6 Å². The van der Waals surface area contributed by atoms with E-state index < -0.39 is 0 Å². The molecule has 5 heteroatoms. The minimum Gasteiger partial charge on any atom is -0.489 e. The van der Waals surface area contributed by atoms with Crippen LogP contribution in [0.1, 0.15) is 15.9 Å². The maximum absolute atomic E-state index is 12.6. The maximum Gasteiger partial charge on any atom is 0.255 e. The van der Waals surface area contributed by atoms with Crippen molar-refractivity contribution in [3.05, 3.63) is 72.3 Å². The number of carbonyl (C=O) groups excluding carboxylic acids is 1. The lowest BCUT2D eigenvalue weighted by molar-refractivity contribution is 0.0342. The second-order valence-electron chi connectivity index (χ2n) is 6.17. The highest BCUT2D eigenvalue weighted by molar-refractivity contribution is 6.04. The van der Waals surface area contributed by atoms with Gasteiger partial charge in [-0.2, -0.15) is 0 Å². The van der Waals surface area contributed by atoms with Crippen molar-refractivity contribution in [3.8, 4) is 5.75 Å². The van der Waals surface area contributed by atoms with Crippen LogP contribution in [0.4, 0.5) is 5.69 Å². The number of benzene rings is 2. The number of morpholine rings is 1. The van der Waals surface area contributed by atoms with Gasteiger partial charge in [0.25, 0.3) is 5.91 Å². The first-order valence-corrected chi connectivity index (χ1v) is 8.79. The third-order valence-corrected chi connectivity index (χ3v) is 4.16. The first kappa shape index (κ1) is 18.2. The van der Waals surface area contributed by atoms with Crippen molar-refractivity contribution in [2.24, 2.45) is 0 Å². The lowest BCUT2D eigenvalue weighted by Gasteiger charge is -2.26.